The van der Waals surface area contributed by atoms with Gasteiger partial charge in [0.15, 0.2) is 0 Å². The van der Waals surface area contributed by atoms with E-state index in [2.05, 4.69) is 18.8 Å². The Balaban J connectivity index is 2.59. The summed E-state index contributed by atoms with van der Waals surface area (Å²) in [6.45, 7) is 4.21. The van der Waals surface area contributed by atoms with Crippen LogP contribution in [0, 0.1) is 5.92 Å². The quantitative estimate of drug-likeness (QED) is 0.707. The molecule has 1 heterocycles. The Morgan fingerprint density at radius 2 is 2.08 bits per heavy atom. The normalized spacial score (nSPS) is 13.3. The van der Waals surface area contributed by atoms with Gasteiger partial charge in [0.05, 0.1) is 5.02 Å². The van der Waals surface area contributed by atoms with Crippen LogP contribution < -0.4 is 0 Å². The Morgan fingerprint density at radius 1 is 1.38 bits per heavy atom. The van der Waals surface area contributed by atoms with Gasteiger partial charge in [0.25, 0.3) is 0 Å². The number of pyridine rings is 1. The van der Waals surface area contributed by atoms with E-state index in [4.69, 9.17) is 23.2 Å². The van der Waals surface area contributed by atoms with Gasteiger partial charge in [-0.2, -0.15) is 0 Å². The minimum Gasteiger partial charge on any atom is -0.260 e. The molecule has 0 amide bonds. The molecule has 0 bridgehead atoms. The van der Waals surface area contributed by atoms with Gasteiger partial charge in [0, 0.05) is 23.7 Å². The molecule has 0 aromatic carbocycles. The van der Waals surface area contributed by atoms with E-state index >= 15 is 0 Å². The molecule has 3 heteroatoms. The first-order valence-corrected chi connectivity index (χ1v) is 5.15. The molecular formula is C10H13Cl2N. The molecule has 1 aromatic heterocycles. The summed E-state index contributed by atoms with van der Waals surface area (Å²) in [5.74, 6) is 0.471. The fraction of sp³-hybridized carbons (Fsp3) is 0.500. The largest absolute Gasteiger partial charge is 0.260 e. The fourth-order valence-electron chi connectivity index (χ4n) is 0.963. The van der Waals surface area contributed by atoms with E-state index in [0.29, 0.717) is 10.9 Å². The van der Waals surface area contributed by atoms with E-state index in [9.17, 15) is 0 Å². The maximum Gasteiger partial charge on any atom is 0.0589 e. The Hall–Kier alpha value is -0.270. The van der Waals surface area contributed by atoms with E-state index in [1.54, 1.807) is 6.20 Å². The average Bonchev–Trinajstić information content (AvgIpc) is 2.08. The highest BCUT2D eigenvalue weighted by Crippen LogP contribution is 2.15. The van der Waals surface area contributed by atoms with Crippen LogP contribution in [0.4, 0.5) is 0 Å². The lowest BCUT2D eigenvalue weighted by Gasteiger charge is -2.12. The molecule has 0 spiro atoms. The Morgan fingerprint density at radius 3 is 2.54 bits per heavy atom. The summed E-state index contributed by atoms with van der Waals surface area (Å²) in [6, 6.07) is 3.76. The van der Waals surface area contributed by atoms with Crippen molar-refractivity contribution in [2.45, 2.75) is 25.6 Å². The van der Waals surface area contributed by atoms with Crippen LogP contribution in [0.25, 0.3) is 0 Å². The maximum absolute atomic E-state index is 6.12. The predicted octanol–water partition coefficient (Wildman–Crippen LogP) is 3.54. The Kier molecular flexibility index (Phi) is 4.01. The summed E-state index contributed by atoms with van der Waals surface area (Å²) in [5.41, 5.74) is 0.998. The standard InChI is InChI=1S/C10H13Cl2N/c1-7(2)10(12)5-9-4-3-8(11)6-13-9/h3-4,6-7,10H,5H2,1-2H3. The number of rotatable bonds is 3. The second-order valence-electron chi connectivity index (χ2n) is 3.43. The molecule has 0 fully saturated rings. The van der Waals surface area contributed by atoms with E-state index in [1.165, 1.54) is 0 Å². The highest BCUT2D eigenvalue weighted by Gasteiger charge is 2.10. The molecule has 1 atom stereocenters. The smallest absolute Gasteiger partial charge is 0.0589 e. The third kappa shape index (κ3) is 3.53. The van der Waals surface area contributed by atoms with Crippen molar-refractivity contribution in [1.82, 2.24) is 4.98 Å². The third-order valence-corrected chi connectivity index (χ3v) is 2.80. The van der Waals surface area contributed by atoms with Crippen LogP contribution in [0.2, 0.25) is 5.02 Å². The number of aromatic nitrogens is 1. The Bertz CT molecular complexity index is 256. The first kappa shape index (κ1) is 10.8. The van der Waals surface area contributed by atoms with Crippen LogP contribution in [-0.4, -0.2) is 10.4 Å². The summed E-state index contributed by atoms with van der Waals surface area (Å²) in [4.78, 5) is 4.18. The van der Waals surface area contributed by atoms with Crippen molar-refractivity contribution in [3.05, 3.63) is 29.0 Å². The molecule has 13 heavy (non-hydrogen) atoms. The van der Waals surface area contributed by atoms with E-state index in [-0.39, 0.29) is 5.38 Å². The lowest BCUT2D eigenvalue weighted by atomic mass is 10.1. The molecule has 1 aromatic rings. The summed E-state index contributed by atoms with van der Waals surface area (Å²) in [7, 11) is 0. The van der Waals surface area contributed by atoms with Gasteiger partial charge >= 0.3 is 0 Å². The molecule has 72 valence electrons. The van der Waals surface area contributed by atoms with Crippen molar-refractivity contribution in [2.75, 3.05) is 0 Å². The summed E-state index contributed by atoms with van der Waals surface area (Å²) >= 11 is 11.8. The van der Waals surface area contributed by atoms with Gasteiger partial charge in [-0.15, -0.1) is 11.6 Å². The number of nitrogens with zero attached hydrogens (tertiary/aromatic N) is 1. The topological polar surface area (TPSA) is 12.9 Å². The number of hydrogen-bond donors (Lipinski definition) is 0. The molecule has 1 rings (SSSR count). The van der Waals surface area contributed by atoms with Crippen molar-refractivity contribution < 1.29 is 0 Å². The Labute approximate surface area is 89.1 Å². The van der Waals surface area contributed by atoms with Crippen LogP contribution in [0.1, 0.15) is 19.5 Å². The van der Waals surface area contributed by atoms with Gasteiger partial charge in [0.1, 0.15) is 0 Å². The monoisotopic (exact) mass is 217 g/mol. The molecular weight excluding hydrogens is 205 g/mol. The van der Waals surface area contributed by atoms with Crippen molar-refractivity contribution in [3.8, 4) is 0 Å². The van der Waals surface area contributed by atoms with Crippen LogP contribution in [0.5, 0.6) is 0 Å². The van der Waals surface area contributed by atoms with Crippen LogP contribution in [-0.2, 0) is 6.42 Å². The SMILES string of the molecule is CC(C)C(Cl)Cc1ccc(Cl)cn1. The minimum absolute atomic E-state index is 0.147. The molecule has 0 saturated carbocycles. The zero-order chi connectivity index (χ0) is 9.84. The van der Waals surface area contributed by atoms with Crippen LogP contribution >= 0.6 is 23.2 Å². The van der Waals surface area contributed by atoms with Crippen LogP contribution in [0.3, 0.4) is 0 Å². The van der Waals surface area contributed by atoms with Crippen LogP contribution in [0.15, 0.2) is 18.3 Å². The molecule has 0 aliphatic heterocycles. The lowest BCUT2D eigenvalue weighted by Crippen LogP contribution is -2.11. The number of hydrogen-bond acceptors (Lipinski definition) is 1. The molecule has 1 unspecified atom stereocenters. The summed E-state index contributed by atoms with van der Waals surface area (Å²) in [5, 5.41) is 0.813. The zero-order valence-corrected chi connectivity index (χ0v) is 9.31. The van der Waals surface area contributed by atoms with Gasteiger partial charge in [-0.3, -0.25) is 4.98 Å². The van der Waals surface area contributed by atoms with Crippen molar-refractivity contribution in [2.24, 2.45) is 5.92 Å². The first-order valence-electron chi connectivity index (χ1n) is 4.34. The summed E-state index contributed by atoms with van der Waals surface area (Å²) < 4.78 is 0. The first-order chi connectivity index (χ1) is 6.09. The minimum atomic E-state index is 0.147. The fourth-order valence-corrected chi connectivity index (χ4v) is 1.23. The molecule has 0 aliphatic carbocycles. The van der Waals surface area contributed by atoms with Gasteiger partial charge in [-0.25, -0.2) is 0 Å². The molecule has 0 N–H and O–H groups in total. The van der Waals surface area contributed by atoms with Crippen molar-refractivity contribution >= 4 is 23.2 Å². The molecule has 1 nitrogen and oxygen atoms in total. The number of alkyl halides is 1. The maximum atomic E-state index is 6.12. The van der Waals surface area contributed by atoms with Crippen molar-refractivity contribution in [1.29, 1.82) is 0 Å². The second kappa shape index (κ2) is 4.83. The predicted molar refractivity (Wildman–Crippen MR) is 57.4 cm³/mol. The highest BCUT2D eigenvalue weighted by atomic mass is 35.5. The number of halogens is 2. The summed E-state index contributed by atoms with van der Waals surface area (Å²) in [6.07, 6.45) is 2.46. The van der Waals surface area contributed by atoms with E-state index in [1.807, 2.05) is 12.1 Å². The van der Waals surface area contributed by atoms with Gasteiger partial charge in [-0.1, -0.05) is 25.4 Å². The molecule has 0 saturated heterocycles. The third-order valence-electron chi connectivity index (χ3n) is 1.92. The van der Waals surface area contributed by atoms with Gasteiger partial charge in [-0.05, 0) is 18.1 Å². The van der Waals surface area contributed by atoms with Crippen molar-refractivity contribution in [3.63, 3.8) is 0 Å². The van der Waals surface area contributed by atoms with E-state index in [0.717, 1.165) is 12.1 Å². The lowest BCUT2D eigenvalue weighted by molar-refractivity contribution is 0.591. The van der Waals surface area contributed by atoms with E-state index < -0.39 is 0 Å². The molecule has 0 radical (unpaired) electrons. The molecule has 0 aliphatic rings. The van der Waals surface area contributed by atoms with Gasteiger partial charge in [0.2, 0.25) is 0 Å². The zero-order valence-electron chi connectivity index (χ0n) is 7.80. The highest BCUT2D eigenvalue weighted by molar-refractivity contribution is 6.30. The average molecular weight is 218 g/mol. The van der Waals surface area contributed by atoms with Gasteiger partial charge < -0.3 is 0 Å². The second-order valence-corrected chi connectivity index (χ2v) is 4.43.